The first-order valence-corrected chi connectivity index (χ1v) is 10.6. The molecule has 0 amide bonds. The number of halogens is 1. The third-order valence-electron chi connectivity index (χ3n) is 4.55. The van der Waals surface area contributed by atoms with Gasteiger partial charge in [0.05, 0.1) is 5.69 Å². The lowest BCUT2D eigenvalue weighted by Crippen LogP contribution is -1.91. The van der Waals surface area contributed by atoms with Crippen LogP contribution in [0.4, 0.5) is 15.2 Å². The van der Waals surface area contributed by atoms with Crippen molar-refractivity contribution in [1.29, 1.82) is 0 Å². The van der Waals surface area contributed by atoms with Gasteiger partial charge >= 0.3 is 0 Å². The van der Waals surface area contributed by atoms with Crippen molar-refractivity contribution in [2.75, 3.05) is 5.32 Å². The van der Waals surface area contributed by atoms with Gasteiger partial charge in [-0.25, -0.2) is 9.97 Å². The van der Waals surface area contributed by atoms with Crippen LogP contribution in [0.15, 0.2) is 48.0 Å². The molecule has 5 heteroatoms. The van der Waals surface area contributed by atoms with E-state index in [1.807, 2.05) is 5.38 Å². The Bertz CT molecular complexity index is 812. The highest BCUT2D eigenvalue weighted by atomic mass is 32.1. The third-order valence-corrected chi connectivity index (χ3v) is 5.31. The maximum Gasteiger partial charge on any atom is 0.212 e. The molecular formula is C22H26FN3S. The van der Waals surface area contributed by atoms with Crippen molar-refractivity contribution in [2.24, 2.45) is 0 Å². The largest absolute Gasteiger partial charge is 0.332 e. The van der Waals surface area contributed by atoms with Gasteiger partial charge in [-0.1, -0.05) is 51.2 Å². The second-order valence-electron chi connectivity index (χ2n) is 6.75. The van der Waals surface area contributed by atoms with Crippen LogP contribution >= 0.6 is 11.3 Å². The maximum absolute atomic E-state index is 12.9. The molecule has 27 heavy (non-hydrogen) atoms. The normalized spacial score (nSPS) is 10.9. The minimum Gasteiger partial charge on any atom is -0.332 e. The number of aromatic nitrogens is 2. The molecule has 0 unspecified atom stereocenters. The van der Waals surface area contributed by atoms with Crippen LogP contribution in [0.1, 0.15) is 51.0 Å². The molecule has 2 heterocycles. The van der Waals surface area contributed by atoms with Crippen molar-refractivity contribution in [2.45, 2.75) is 51.9 Å². The summed E-state index contributed by atoms with van der Waals surface area (Å²) in [5, 5.41) is 6.10. The molecule has 0 saturated heterocycles. The highest BCUT2D eigenvalue weighted by Crippen LogP contribution is 2.27. The maximum atomic E-state index is 12.9. The molecule has 3 rings (SSSR count). The number of thiazole rings is 1. The zero-order valence-electron chi connectivity index (χ0n) is 15.7. The van der Waals surface area contributed by atoms with Crippen molar-refractivity contribution in [3.05, 3.63) is 59.5 Å². The number of aryl methyl sites for hydroxylation is 1. The fraction of sp³-hybridized carbons (Fsp3) is 0.364. The summed E-state index contributed by atoms with van der Waals surface area (Å²) in [4.78, 5) is 8.24. The molecule has 1 N–H and O–H groups in total. The number of hydrogen-bond acceptors (Lipinski definition) is 4. The zero-order valence-corrected chi connectivity index (χ0v) is 16.6. The van der Waals surface area contributed by atoms with Crippen molar-refractivity contribution in [3.8, 4) is 11.3 Å². The van der Waals surface area contributed by atoms with Gasteiger partial charge in [0.15, 0.2) is 5.13 Å². The molecular weight excluding hydrogens is 357 g/mol. The van der Waals surface area contributed by atoms with E-state index in [1.165, 1.54) is 67.7 Å². The summed E-state index contributed by atoms with van der Waals surface area (Å²) >= 11 is 1.53. The van der Waals surface area contributed by atoms with Crippen molar-refractivity contribution in [3.63, 3.8) is 0 Å². The van der Waals surface area contributed by atoms with Crippen LogP contribution < -0.4 is 5.32 Å². The molecule has 1 aromatic carbocycles. The number of benzene rings is 1. The Kier molecular flexibility index (Phi) is 7.34. The first-order chi connectivity index (χ1) is 13.2. The Hall–Kier alpha value is -2.27. The standard InChI is InChI=1S/C22H26FN3S/c1-2-3-4-5-6-7-8-17-9-12-19(13-10-17)25-22-26-20(16-27-22)18-11-14-21(23)24-15-18/h9-16H,2-8H2,1H3,(H,25,26). The first kappa shape index (κ1) is 19.5. The van der Waals surface area contributed by atoms with E-state index in [2.05, 4.69) is 46.5 Å². The van der Waals surface area contributed by atoms with Crippen molar-refractivity contribution in [1.82, 2.24) is 9.97 Å². The van der Waals surface area contributed by atoms with Crippen LogP contribution in [0.5, 0.6) is 0 Å². The topological polar surface area (TPSA) is 37.8 Å². The number of anilines is 2. The summed E-state index contributed by atoms with van der Waals surface area (Å²) in [5.74, 6) is -0.478. The number of unbranched alkanes of at least 4 members (excludes halogenated alkanes) is 5. The van der Waals surface area contributed by atoms with E-state index in [4.69, 9.17) is 0 Å². The fourth-order valence-corrected chi connectivity index (χ4v) is 3.72. The van der Waals surface area contributed by atoms with Gasteiger partial charge < -0.3 is 5.32 Å². The molecule has 0 saturated carbocycles. The Morgan fingerprint density at radius 1 is 0.963 bits per heavy atom. The molecule has 0 spiro atoms. The zero-order chi connectivity index (χ0) is 18.9. The van der Waals surface area contributed by atoms with Gasteiger partial charge in [0.25, 0.3) is 0 Å². The van der Waals surface area contributed by atoms with E-state index in [-0.39, 0.29) is 0 Å². The SMILES string of the molecule is CCCCCCCCc1ccc(Nc2nc(-c3ccc(F)nc3)cs2)cc1. The molecule has 3 aromatic rings. The number of hydrogen-bond donors (Lipinski definition) is 1. The molecule has 0 aliphatic rings. The summed E-state index contributed by atoms with van der Waals surface area (Å²) in [6.07, 6.45) is 10.6. The molecule has 0 atom stereocenters. The number of nitrogens with zero attached hydrogens (tertiary/aromatic N) is 2. The van der Waals surface area contributed by atoms with E-state index in [0.717, 1.165) is 28.5 Å². The lowest BCUT2D eigenvalue weighted by Gasteiger charge is -2.05. The van der Waals surface area contributed by atoms with Crippen LogP contribution in [-0.2, 0) is 6.42 Å². The Balaban J connectivity index is 1.49. The average molecular weight is 384 g/mol. The lowest BCUT2D eigenvalue weighted by molar-refractivity contribution is 0.584. The van der Waals surface area contributed by atoms with Crippen molar-refractivity contribution >= 4 is 22.2 Å². The van der Waals surface area contributed by atoms with Gasteiger partial charge in [0.1, 0.15) is 0 Å². The number of rotatable bonds is 10. The first-order valence-electron chi connectivity index (χ1n) is 9.68. The number of pyridine rings is 1. The summed E-state index contributed by atoms with van der Waals surface area (Å²) in [6.45, 7) is 2.25. The molecule has 142 valence electrons. The Labute approximate surface area is 164 Å². The van der Waals surface area contributed by atoms with E-state index >= 15 is 0 Å². The van der Waals surface area contributed by atoms with Crippen LogP contribution in [0, 0.1) is 5.95 Å². The summed E-state index contributed by atoms with van der Waals surface area (Å²) in [7, 11) is 0. The summed E-state index contributed by atoms with van der Waals surface area (Å²) < 4.78 is 12.9. The molecule has 3 nitrogen and oxygen atoms in total. The van der Waals surface area contributed by atoms with E-state index in [9.17, 15) is 4.39 Å². The molecule has 2 aromatic heterocycles. The second kappa shape index (κ2) is 10.2. The lowest BCUT2D eigenvalue weighted by atomic mass is 10.0. The molecule has 0 bridgehead atoms. The molecule has 0 aliphatic heterocycles. The van der Waals surface area contributed by atoms with Crippen LogP contribution in [0.2, 0.25) is 0 Å². The highest BCUT2D eigenvalue weighted by molar-refractivity contribution is 7.14. The number of nitrogens with one attached hydrogen (secondary N) is 1. The van der Waals surface area contributed by atoms with E-state index in [1.54, 1.807) is 6.07 Å². The predicted molar refractivity (Wildman–Crippen MR) is 112 cm³/mol. The van der Waals surface area contributed by atoms with Gasteiger partial charge in [-0.15, -0.1) is 11.3 Å². The summed E-state index contributed by atoms with van der Waals surface area (Å²) in [5.41, 5.74) is 4.03. The van der Waals surface area contributed by atoms with Crippen LogP contribution in [-0.4, -0.2) is 9.97 Å². The van der Waals surface area contributed by atoms with Gasteiger partial charge in [-0.05, 0) is 42.7 Å². The van der Waals surface area contributed by atoms with Gasteiger partial charge in [0.2, 0.25) is 5.95 Å². The third kappa shape index (κ3) is 6.14. The van der Waals surface area contributed by atoms with Crippen LogP contribution in [0.3, 0.4) is 0 Å². The minimum atomic E-state index is -0.478. The van der Waals surface area contributed by atoms with E-state index in [0.29, 0.717) is 0 Å². The Morgan fingerprint density at radius 3 is 2.48 bits per heavy atom. The van der Waals surface area contributed by atoms with Crippen molar-refractivity contribution < 1.29 is 4.39 Å². The highest BCUT2D eigenvalue weighted by Gasteiger charge is 2.06. The van der Waals surface area contributed by atoms with E-state index < -0.39 is 5.95 Å². The molecule has 0 aliphatic carbocycles. The summed E-state index contributed by atoms with van der Waals surface area (Å²) in [6, 6.07) is 11.6. The van der Waals surface area contributed by atoms with Gasteiger partial charge in [-0.3, -0.25) is 0 Å². The minimum absolute atomic E-state index is 0.478. The monoisotopic (exact) mass is 383 g/mol. The fourth-order valence-electron chi connectivity index (χ4n) is 2.98. The smallest absolute Gasteiger partial charge is 0.212 e. The van der Waals surface area contributed by atoms with Gasteiger partial charge in [-0.2, -0.15) is 4.39 Å². The quantitative estimate of drug-likeness (QED) is 0.303. The molecule has 0 radical (unpaired) electrons. The van der Waals surface area contributed by atoms with Gasteiger partial charge in [0, 0.05) is 22.8 Å². The predicted octanol–water partition coefficient (Wildman–Crippen LogP) is 6.99. The molecule has 0 fully saturated rings. The van der Waals surface area contributed by atoms with Crippen LogP contribution in [0.25, 0.3) is 11.3 Å². The Morgan fingerprint density at radius 2 is 1.74 bits per heavy atom. The second-order valence-corrected chi connectivity index (χ2v) is 7.61. The average Bonchev–Trinajstić information content (AvgIpc) is 3.15.